The van der Waals surface area contributed by atoms with Crippen LogP contribution in [0.15, 0.2) is 40.1 Å². The number of aromatic nitrogens is 2. The molecule has 1 aliphatic rings. The average Bonchev–Trinajstić information content (AvgIpc) is 3.18. The highest BCUT2D eigenvalue weighted by Gasteiger charge is 2.27. The Balaban J connectivity index is 1.66. The molecule has 1 amide bonds. The summed E-state index contributed by atoms with van der Waals surface area (Å²) in [5.74, 6) is 0.288. The largest absolute Gasteiger partial charge is 0.496 e. The number of H-pyrrole nitrogens is 1. The van der Waals surface area contributed by atoms with Crippen LogP contribution in [-0.4, -0.2) is 53.6 Å². The summed E-state index contributed by atoms with van der Waals surface area (Å²) < 4.78 is 11.4. The molecular formula is C20H23N3O6. The fourth-order valence-corrected chi connectivity index (χ4v) is 3.53. The van der Waals surface area contributed by atoms with E-state index in [9.17, 15) is 19.2 Å². The number of methoxy groups -OCH3 is 2. The van der Waals surface area contributed by atoms with Gasteiger partial charge in [0.15, 0.2) is 0 Å². The van der Waals surface area contributed by atoms with Crippen LogP contribution >= 0.6 is 0 Å². The van der Waals surface area contributed by atoms with Crippen molar-refractivity contribution < 1.29 is 19.1 Å². The molecule has 2 heterocycles. The molecule has 1 aliphatic heterocycles. The van der Waals surface area contributed by atoms with Crippen LogP contribution in [-0.2, 0) is 22.5 Å². The number of hydrogen-bond donors (Lipinski definition) is 1. The van der Waals surface area contributed by atoms with Crippen LogP contribution in [0, 0.1) is 5.92 Å². The SMILES string of the molecule is COC(=O)c1ccc(OC)c(CC2CCN(C(=O)Cn3ccc(=O)[nH]c3=O)C2)c1. The number of ether oxygens (including phenoxy) is 2. The predicted octanol–water partition coefficient (Wildman–Crippen LogP) is 0.423. The number of carbonyl (C=O) groups excluding carboxylic acids is 2. The Morgan fingerprint density at radius 2 is 2.00 bits per heavy atom. The van der Waals surface area contributed by atoms with Gasteiger partial charge in [0.1, 0.15) is 12.3 Å². The summed E-state index contributed by atoms with van der Waals surface area (Å²) in [7, 11) is 2.91. The van der Waals surface area contributed by atoms with E-state index in [1.807, 2.05) is 0 Å². The molecule has 0 spiro atoms. The van der Waals surface area contributed by atoms with Crippen LogP contribution in [0.2, 0.25) is 0 Å². The lowest BCUT2D eigenvalue weighted by molar-refractivity contribution is -0.131. The second kappa shape index (κ2) is 8.76. The molecule has 1 aromatic carbocycles. The first-order valence-electron chi connectivity index (χ1n) is 9.24. The van der Waals surface area contributed by atoms with E-state index in [0.717, 1.165) is 12.0 Å². The molecule has 29 heavy (non-hydrogen) atoms. The maximum absolute atomic E-state index is 12.5. The third-order valence-electron chi connectivity index (χ3n) is 5.05. The first-order valence-corrected chi connectivity index (χ1v) is 9.24. The van der Waals surface area contributed by atoms with Gasteiger partial charge in [-0.05, 0) is 42.5 Å². The Bertz CT molecular complexity index is 1030. The van der Waals surface area contributed by atoms with Crippen LogP contribution in [0.4, 0.5) is 0 Å². The average molecular weight is 401 g/mol. The van der Waals surface area contributed by atoms with Gasteiger partial charge in [-0.2, -0.15) is 0 Å². The van der Waals surface area contributed by atoms with Crippen LogP contribution in [0.25, 0.3) is 0 Å². The standard InChI is InChI=1S/C20H23N3O6/c1-28-16-4-3-14(19(26)29-2)10-15(16)9-13-5-7-22(11-13)18(25)12-23-8-6-17(24)21-20(23)27/h3-4,6,8,10,13H,5,7,9,11-12H2,1-2H3,(H,21,24,27). The summed E-state index contributed by atoms with van der Waals surface area (Å²) in [5, 5.41) is 0. The van der Waals surface area contributed by atoms with E-state index >= 15 is 0 Å². The third-order valence-corrected chi connectivity index (χ3v) is 5.05. The molecule has 1 unspecified atom stereocenters. The number of hydrogen-bond acceptors (Lipinski definition) is 6. The van der Waals surface area contributed by atoms with Gasteiger partial charge in [0.25, 0.3) is 5.56 Å². The van der Waals surface area contributed by atoms with Gasteiger partial charge < -0.3 is 14.4 Å². The van der Waals surface area contributed by atoms with Crippen molar-refractivity contribution in [3.05, 3.63) is 62.4 Å². The third kappa shape index (κ3) is 4.74. The molecule has 1 aromatic heterocycles. The highest BCUT2D eigenvalue weighted by atomic mass is 16.5. The number of carbonyl (C=O) groups is 2. The second-order valence-electron chi connectivity index (χ2n) is 6.95. The molecular weight excluding hydrogens is 378 g/mol. The van der Waals surface area contributed by atoms with E-state index in [-0.39, 0.29) is 18.4 Å². The van der Waals surface area contributed by atoms with Crippen molar-refractivity contribution in [1.29, 1.82) is 0 Å². The van der Waals surface area contributed by atoms with E-state index in [0.29, 0.717) is 30.8 Å². The molecule has 0 aliphatic carbocycles. The number of nitrogens with zero attached hydrogens (tertiary/aromatic N) is 2. The Morgan fingerprint density at radius 3 is 2.69 bits per heavy atom. The van der Waals surface area contributed by atoms with Crippen LogP contribution in [0.5, 0.6) is 5.75 Å². The van der Waals surface area contributed by atoms with Gasteiger partial charge in [0, 0.05) is 25.4 Å². The second-order valence-corrected chi connectivity index (χ2v) is 6.95. The Labute approximate surface area is 166 Å². The molecule has 154 valence electrons. The molecule has 9 nitrogen and oxygen atoms in total. The molecule has 0 radical (unpaired) electrons. The minimum atomic E-state index is -0.606. The molecule has 2 aromatic rings. The molecule has 1 saturated heterocycles. The van der Waals surface area contributed by atoms with E-state index in [1.54, 1.807) is 30.2 Å². The topological polar surface area (TPSA) is 111 Å². The maximum Gasteiger partial charge on any atom is 0.337 e. The quantitative estimate of drug-likeness (QED) is 0.703. The summed E-state index contributed by atoms with van der Waals surface area (Å²) >= 11 is 0. The highest BCUT2D eigenvalue weighted by Crippen LogP contribution is 2.27. The number of amides is 1. The van der Waals surface area contributed by atoms with Gasteiger partial charge >= 0.3 is 11.7 Å². The Hall–Kier alpha value is -3.36. The lowest BCUT2D eigenvalue weighted by atomic mass is 9.96. The molecule has 1 fully saturated rings. The lowest BCUT2D eigenvalue weighted by Crippen LogP contribution is -2.37. The summed E-state index contributed by atoms with van der Waals surface area (Å²) in [6.07, 6.45) is 2.77. The van der Waals surface area contributed by atoms with E-state index in [2.05, 4.69) is 4.98 Å². The molecule has 0 saturated carbocycles. The Kier molecular flexibility index (Phi) is 6.16. The first kappa shape index (κ1) is 20.4. The minimum Gasteiger partial charge on any atom is -0.496 e. The van der Waals surface area contributed by atoms with Gasteiger partial charge in [-0.15, -0.1) is 0 Å². The number of likely N-dealkylation sites (tertiary alicyclic amines) is 1. The monoisotopic (exact) mass is 401 g/mol. The van der Waals surface area contributed by atoms with Gasteiger partial charge in [0.05, 0.1) is 19.8 Å². The highest BCUT2D eigenvalue weighted by molar-refractivity contribution is 5.89. The zero-order chi connectivity index (χ0) is 21.0. The van der Waals surface area contributed by atoms with Crippen LogP contribution in [0.1, 0.15) is 22.3 Å². The van der Waals surface area contributed by atoms with Crippen molar-refractivity contribution in [1.82, 2.24) is 14.5 Å². The molecule has 3 rings (SSSR count). The number of aromatic amines is 1. The van der Waals surface area contributed by atoms with Crippen molar-refractivity contribution in [2.24, 2.45) is 5.92 Å². The smallest absolute Gasteiger partial charge is 0.337 e. The molecule has 1 N–H and O–H groups in total. The minimum absolute atomic E-state index is 0.122. The van der Waals surface area contributed by atoms with E-state index in [4.69, 9.17) is 9.47 Å². The summed E-state index contributed by atoms with van der Waals surface area (Å²) in [5.41, 5.74) is 0.229. The van der Waals surface area contributed by atoms with Gasteiger partial charge in [-0.3, -0.25) is 19.1 Å². The maximum atomic E-state index is 12.5. The molecule has 9 heteroatoms. The number of rotatable bonds is 6. The number of nitrogens with one attached hydrogen (secondary N) is 1. The first-order chi connectivity index (χ1) is 13.9. The van der Waals surface area contributed by atoms with Gasteiger partial charge in [-0.25, -0.2) is 9.59 Å². The molecule has 0 bridgehead atoms. The van der Waals surface area contributed by atoms with E-state index in [1.165, 1.54) is 23.9 Å². The van der Waals surface area contributed by atoms with Crippen molar-refractivity contribution in [3.63, 3.8) is 0 Å². The number of benzene rings is 1. The predicted molar refractivity (Wildman–Crippen MR) is 104 cm³/mol. The summed E-state index contributed by atoms with van der Waals surface area (Å²) in [6.45, 7) is 1.01. The van der Waals surface area contributed by atoms with Crippen molar-refractivity contribution >= 4 is 11.9 Å². The zero-order valence-electron chi connectivity index (χ0n) is 16.3. The molecule has 1 atom stereocenters. The lowest BCUT2D eigenvalue weighted by Gasteiger charge is -2.18. The fourth-order valence-electron chi connectivity index (χ4n) is 3.53. The van der Waals surface area contributed by atoms with Crippen molar-refractivity contribution in [3.8, 4) is 5.75 Å². The van der Waals surface area contributed by atoms with E-state index < -0.39 is 17.2 Å². The summed E-state index contributed by atoms with van der Waals surface area (Å²) in [4.78, 5) is 51.1. The normalized spacial score (nSPS) is 15.9. The fraction of sp³-hybridized carbons (Fsp3) is 0.400. The van der Waals surface area contributed by atoms with Crippen LogP contribution in [0.3, 0.4) is 0 Å². The van der Waals surface area contributed by atoms with Gasteiger partial charge in [0.2, 0.25) is 5.91 Å². The van der Waals surface area contributed by atoms with Gasteiger partial charge in [-0.1, -0.05) is 0 Å². The zero-order valence-corrected chi connectivity index (χ0v) is 16.3. The van der Waals surface area contributed by atoms with Crippen molar-refractivity contribution in [2.75, 3.05) is 27.3 Å². The number of esters is 1. The summed E-state index contributed by atoms with van der Waals surface area (Å²) in [6, 6.07) is 6.36. The Morgan fingerprint density at radius 1 is 1.21 bits per heavy atom. The van der Waals surface area contributed by atoms with Crippen molar-refractivity contribution in [2.45, 2.75) is 19.4 Å². The van der Waals surface area contributed by atoms with Crippen LogP contribution < -0.4 is 16.0 Å².